The molecule has 0 bridgehead atoms. The monoisotopic (exact) mass is 550 g/mol. The van der Waals surface area contributed by atoms with Crippen molar-refractivity contribution in [3.05, 3.63) is 71.4 Å². The Hall–Kier alpha value is -4.32. The number of urea groups is 1. The number of carbonyl (C=O) groups is 3. The van der Waals surface area contributed by atoms with Gasteiger partial charge >= 0.3 is 18.2 Å². The molecule has 3 amide bonds. The molecule has 0 aliphatic carbocycles. The number of rotatable bonds is 9. The van der Waals surface area contributed by atoms with E-state index in [0.29, 0.717) is 23.6 Å². The summed E-state index contributed by atoms with van der Waals surface area (Å²) in [5, 5.41) is 6.97. The number of benzene rings is 2. The molecule has 0 radical (unpaired) electrons. The quantitative estimate of drug-likeness (QED) is 0.263. The maximum atomic E-state index is 13.0. The number of anilines is 3. The number of amides is 3. The molecule has 9 nitrogen and oxygen atoms in total. The van der Waals surface area contributed by atoms with E-state index in [9.17, 15) is 27.6 Å². The minimum Gasteiger partial charge on any atom is -0.469 e. The number of alkyl halides is 3. The second-order valence-corrected chi connectivity index (χ2v) is 8.16. The average Bonchev–Trinajstić information content (AvgIpc) is 2.86. The van der Waals surface area contributed by atoms with Gasteiger partial charge in [-0.05, 0) is 55.0 Å². The van der Waals surface area contributed by atoms with Crippen LogP contribution in [0.4, 0.5) is 35.2 Å². The maximum Gasteiger partial charge on any atom is 0.417 e. The molecular weight excluding hydrogens is 529 g/mol. The van der Waals surface area contributed by atoms with Gasteiger partial charge in [0.25, 0.3) is 0 Å². The largest absolute Gasteiger partial charge is 0.469 e. The van der Waals surface area contributed by atoms with Crippen LogP contribution in [0.5, 0.6) is 11.5 Å². The average molecular weight is 551 g/mol. The van der Waals surface area contributed by atoms with Gasteiger partial charge in [0.15, 0.2) is 0 Å². The van der Waals surface area contributed by atoms with E-state index in [-0.39, 0.29) is 30.3 Å². The zero-order chi connectivity index (χ0) is 27.7. The fraction of sp³-hybridized carbons (Fsp3) is 0.200. The van der Waals surface area contributed by atoms with Gasteiger partial charge in [0.1, 0.15) is 17.3 Å². The molecular formula is C25H22ClF3N4O5. The van der Waals surface area contributed by atoms with Crippen molar-refractivity contribution in [2.75, 3.05) is 23.1 Å². The summed E-state index contributed by atoms with van der Waals surface area (Å²) in [6.45, 7) is 0. The van der Waals surface area contributed by atoms with E-state index in [1.807, 2.05) is 0 Å². The number of pyridine rings is 1. The van der Waals surface area contributed by atoms with Crippen molar-refractivity contribution in [3.63, 3.8) is 0 Å². The normalized spacial score (nSPS) is 10.9. The highest BCUT2D eigenvalue weighted by Crippen LogP contribution is 2.36. The van der Waals surface area contributed by atoms with Gasteiger partial charge in [-0.3, -0.25) is 9.59 Å². The zero-order valence-electron chi connectivity index (χ0n) is 19.9. The fourth-order valence-electron chi connectivity index (χ4n) is 3.10. The molecule has 0 atom stereocenters. The van der Waals surface area contributed by atoms with E-state index >= 15 is 0 Å². The summed E-state index contributed by atoms with van der Waals surface area (Å²) in [4.78, 5) is 39.4. The topological polar surface area (TPSA) is 119 Å². The summed E-state index contributed by atoms with van der Waals surface area (Å²) >= 11 is 5.59. The van der Waals surface area contributed by atoms with Crippen LogP contribution in [0.3, 0.4) is 0 Å². The third-order valence-electron chi connectivity index (χ3n) is 4.89. The molecule has 3 aromatic rings. The van der Waals surface area contributed by atoms with Crippen LogP contribution in [0.25, 0.3) is 0 Å². The molecule has 200 valence electrons. The summed E-state index contributed by atoms with van der Waals surface area (Å²) in [5.41, 5.74) is -0.784. The standard InChI is InChI=1S/C25H22ClF3N4O5/c1-37-23(35)4-2-3-22(34)33-21-14-18(11-12-30-21)38-17-8-5-15(6-9-17)31-24(36)32-16-7-10-20(26)19(13-16)25(27,28)29/h5-14H,2-4H2,1H3,(H,30,33,34)(H2,31,32,36). The Morgan fingerprint density at radius 3 is 2.26 bits per heavy atom. The number of methoxy groups -OCH3 is 1. The van der Waals surface area contributed by atoms with E-state index in [1.165, 1.54) is 37.6 Å². The van der Waals surface area contributed by atoms with Crippen molar-refractivity contribution in [2.45, 2.75) is 25.4 Å². The predicted octanol–water partition coefficient (Wildman–Crippen LogP) is 6.47. The Morgan fingerprint density at radius 1 is 0.895 bits per heavy atom. The van der Waals surface area contributed by atoms with E-state index < -0.39 is 28.8 Å². The number of nitrogens with one attached hydrogen (secondary N) is 3. The first-order valence-corrected chi connectivity index (χ1v) is 11.5. The van der Waals surface area contributed by atoms with E-state index in [4.69, 9.17) is 16.3 Å². The van der Waals surface area contributed by atoms with Crippen molar-refractivity contribution in [3.8, 4) is 11.5 Å². The molecule has 0 aliphatic rings. The predicted molar refractivity (Wildman–Crippen MR) is 134 cm³/mol. The third-order valence-corrected chi connectivity index (χ3v) is 5.22. The highest BCUT2D eigenvalue weighted by molar-refractivity contribution is 6.31. The summed E-state index contributed by atoms with van der Waals surface area (Å²) in [6, 6.07) is 11.6. The number of carbonyl (C=O) groups excluding carboxylic acids is 3. The van der Waals surface area contributed by atoms with Crippen LogP contribution in [0.1, 0.15) is 24.8 Å². The minimum atomic E-state index is -4.66. The van der Waals surface area contributed by atoms with Gasteiger partial charge in [-0.2, -0.15) is 13.2 Å². The second-order valence-electron chi connectivity index (χ2n) is 7.75. The number of nitrogens with zero attached hydrogens (tertiary/aromatic N) is 1. The van der Waals surface area contributed by atoms with Gasteiger partial charge in [0.05, 0.1) is 17.7 Å². The van der Waals surface area contributed by atoms with Crippen LogP contribution >= 0.6 is 11.6 Å². The number of hydrogen-bond acceptors (Lipinski definition) is 6. The lowest BCUT2D eigenvalue weighted by molar-refractivity contribution is -0.141. The number of hydrogen-bond donors (Lipinski definition) is 3. The van der Waals surface area contributed by atoms with Crippen molar-refractivity contribution in [2.24, 2.45) is 0 Å². The molecule has 1 aromatic heterocycles. The van der Waals surface area contributed by atoms with Gasteiger partial charge in [-0.1, -0.05) is 11.6 Å². The summed E-state index contributed by atoms with van der Waals surface area (Å²) in [7, 11) is 1.28. The van der Waals surface area contributed by atoms with Crippen molar-refractivity contribution < 1.29 is 37.0 Å². The van der Waals surface area contributed by atoms with Crippen LogP contribution in [0.2, 0.25) is 5.02 Å². The first kappa shape index (κ1) is 28.3. The Morgan fingerprint density at radius 2 is 1.58 bits per heavy atom. The molecule has 0 saturated heterocycles. The van der Waals surface area contributed by atoms with Gasteiger partial charge in [0, 0.05) is 36.5 Å². The summed E-state index contributed by atoms with van der Waals surface area (Å²) in [6.07, 6.45) is -2.63. The molecule has 0 fully saturated rings. The van der Waals surface area contributed by atoms with Crippen LogP contribution < -0.4 is 20.7 Å². The van der Waals surface area contributed by atoms with Gasteiger partial charge < -0.3 is 25.4 Å². The highest BCUT2D eigenvalue weighted by Gasteiger charge is 2.33. The molecule has 0 spiro atoms. The number of esters is 1. The van der Waals surface area contributed by atoms with E-state index in [2.05, 4.69) is 25.7 Å². The fourth-order valence-corrected chi connectivity index (χ4v) is 3.32. The van der Waals surface area contributed by atoms with Crippen LogP contribution in [-0.2, 0) is 20.5 Å². The molecule has 1 heterocycles. The summed E-state index contributed by atoms with van der Waals surface area (Å²) in [5.74, 6) is 0.336. The Kier molecular flexibility index (Phi) is 9.49. The van der Waals surface area contributed by atoms with E-state index in [0.717, 1.165) is 12.1 Å². The lowest BCUT2D eigenvalue weighted by Gasteiger charge is -2.13. The second kappa shape index (κ2) is 12.8. The lowest BCUT2D eigenvalue weighted by atomic mass is 10.2. The minimum absolute atomic E-state index is 0.0803. The van der Waals surface area contributed by atoms with Gasteiger partial charge in [-0.25, -0.2) is 9.78 Å². The van der Waals surface area contributed by atoms with Crippen molar-refractivity contribution >= 4 is 46.7 Å². The van der Waals surface area contributed by atoms with E-state index in [1.54, 1.807) is 18.2 Å². The number of halogens is 4. The molecule has 0 unspecified atom stereocenters. The Labute approximate surface area is 220 Å². The molecule has 3 N–H and O–H groups in total. The molecule has 38 heavy (non-hydrogen) atoms. The van der Waals surface area contributed by atoms with Crippen LogP contribution in [0.15, 0.2) is 60.8 Å². The smallest absolute Gasteiger partial charge is 0.417 e. The summed E-state index contributed by atoms with van der Waals surface area (Å²) < 4.78 is 49.3. The SMILES string of the molecule is COC(=O)CCCC(=O)Nc1cc(Oc2ccc(NC(=O)Nc3ccc(Cl)c(C(F)(F)F)c3)cc2)ccn1. The first-order valence-electron chi connectivity index (χ1n) is 11.1. The first-order chi connectivity index (χ1) is 18.0. The van der Waals surface area contributed by atoms with Gasteiger partial charge in [-0.15, -0.1) is 0 Å². The maximum absolute atomic E-state index is 13.0. The van der Waals surface area contributed by atoms with Gasteiger partial charge in [0.2, 0.25) is 5.91 Å². The van der Waals surface area contributed by atoms with Crippen molar-refractivity contribution in [1.29, 1.82) is 0 Å². The number of ether oxygens (including phenoxy) is 2. The molecule has 2 aromatic carbocycles. The van der Waals surface area contributed by atoms with Crippen LogP contribution in [0, 0.1) is 0 Å². The Balaban J connectivity index is 1.53. The Bertz CT molecular complexity index is 1300. The van der Waals surface area contributed by atoms with Crippen LogP contribution in [-0.4, -0.2) is 30.0 Å². The zero-order valence-corrected chi connectivity index (χ0v) is 20.7. The molecule has 0 aliphatic heterocycles. The lowest BCUT2D eigenvalue weighted by Crippen LogP contribution is -2.19. The highest BCUT2D eigenvalue weighted by atomic mass is 35.5. The third kappa shape index (κ3) is 8.66. The number of aromatic nitrogens is 1. The molecule has 13 heteroatoms. The molecule has 0 saturated carbocycles. The van der Waals surface area contributed by atoms with Crippen molar-refractivity contribution in [1.82, 2.24) is 4.98 Å². The molecule has 3 rings (SSSR count).